The molecule has 0 bridgehead atoms. The molecule has 8 nitrogen and oxygen atoms in total. The zero-order valence-electron chi connectivity index (χ0n) is 18.0. The van der Waals surface area contributed by atoms with E-state index in [9.17, 15) is 21.6 Å². The van der Waals surface area contributed by atoms with Gasteiger partial charge < -0.3 is 0 Å². The molecule has 0 atom stereocenters. The summed E-state index contributed by atoms with van der Waals surface area (Å²) in [5, 5.41) is 0.203. The van der Waals surface area contributed by atoms with Gasteiger partial charge in [0.05, 0.1) is 33.8 Å². The Bertz CT molecular complexity index is 1580. The maximum Gasteiger partial charge on any atom is 0.297 e. The van der Waals surface area contributed by atoms with Crippen LogP contribution in [0.5, 0.6) is 0 Å². The monoisotopic (exact) mass is 486 g/mol. The van der Waals surface area contributed by atoms with E-state index in [1.54, 1.807) is 42.5 Å². The predicted molar refractivity (Wildman–Crippen MR) is 124 cm³/mol. The quantitative estimate of drug-likeness (QED) is 0.372. The van der Waals surface area contributed by atoms with Gasteiger partial charge in [-0.25, -0.2) is 0 Å². The van der Waals surface area contributed by atoms with Crippen molar-refractivity contribution < 1.29 is 21.0 Å². The first kappa shape index (κ1) is 23.0. The summed E-state index contributed by atoms with van der Waals surface area (Å²) >= 11 is 0. The first-order valence-electron chi connectivity index (χ1n) is 10.1. The predicted octanol–water partition coefficient (Wildman–Crippen LogP) is 3.06. The van der Waals surface area contributed by atoms with Crippen LogP contribution in [0.3, 0.4) is 0 Å². The highest BCUT2D eigenvalue weighted by Crippen LogP contribution is 2.19. The molecule has 0 unspecified atom stereocenters. The molecule has 0 saturated heterocycles. The van der Waals surface area contributed by atoms with Gasteiger partial charge in [-0.05, 0) is 50.2 Å². The molecular weight excluding hydrogens is 464 g/mol. The molecule has 0 aliphatic carbocycles. The van der Waals surface area contributed by atoms with Gasteiger partial charge in [0.25, 0.3) is 25.7 Å². The van der Waals surface area contributed by atoms with Crippen LogP contribution in [0.1, 0.15) is 11.1 Å². The van der Waals surface area contributed by atoms with Crippen molar-refractivity contribution in [3.05, 3.63) is 94.3 Å². The molecule has 1 heterocycles. The van der Waals surface area contributed by atoms with Crippen LogP contribution >= 0.6 is 0 Å². The number of aromatic nitrogens is 2. The van der Waals surface area contributed by atoms with E-state index >= 15 is 0 Å². The molecular formula is C23H22N2O6S2. The van der Waals surface area contributed by atoms with Crippen molar-refractivity contribution in [2.75, 3.05) is 6.61 Å². The van der Waals surface area contributed by atoms with Gasteiger partial charge in [0.15, 0.2) is 0 Å². The second kappa shape index (κ2) is 8.62. The summed E-state index contributed by atoms with van der Waals surface area (Å²) in [6.45, 7) is 3.12. The molecule has 0 amide bonds. The van der Waals surface area contributed by atoms with Gasteiger partial charge in [0.1, 0.15) is 0 Å². The third kappa shape index (κ3) is 4.37. The number of nitrogens with zero attached hydrogens (tertiary/aromatic N) is 2. The highest BCUT2D eigenvalue weighted by atomic mass is 32.2. The number of benzene rings is 3. The zero-order chi connectivity index (χ0) is 23.8. The Morgan fingerprint density at radius 3 is 1.91 bits per heavy atom. The molecule has 0 spiro atoms. The van der Waals surface area contributed by atoms with Crippen LogP contribution in [0, 0.1) is 13.8 Å². The van der Waals surface area contributed by atoms with E-state index in [0.717, 1.165) is 11.1 Å². The van der Waals surface area contributed by atoms with Crippen molar-refractivity contribution in [2.24, 2.45) is 0 Å². The van der Waals surface area contributed by atoms with Crippen LogP contribution in [0.15, 0.2) is 87.4 Å². The third-order valence-electron chi connectivity index (χ3n) is 5.20. The normalized spacial score (nSPS) is 12.3. The van der Waals surface area contributed by atoms with Gasteiger partial charge in [-0.15, -0.1) is 4.09 Å². The zero-order valence-corrected chi connectivity index (χ0v) is 19.6. The van der Waals surface area contributed by atoms with Gasteiger partial charge in [-0.2, -0.15) is 16.8 Å². The van der Waals surface area contributed by atoms with E-state index in [1.807, 2.05) is 13.8 Å². The van der Waals surface area contributed by atoms with Crippen molar-refractivity contribution in [3.63, 3.8) is 0 Å². The summed E-state index contributed by atoms with van der Waals surface area (Å²) in [7, 11) is -8.29. The Kier molecular flexibility index (Phi) is 6.00. The number of hydrogen-bond donors (Lipinski definition) is 0. The lowest BCUT2D eigenvalue weighted by molar-refractivity contribution is 0.293. The summed E-state index contributed by atoms with van der Waals surface area (Å²) in [4.78, 5) is 13.0. The summed E-state index contributed by atoms with van der Waals surface area (Å²) < 4.78 is 58.8. The van der Waals surface area contributed by atoms with Gasteiger partial charge in [-0.3, -0.25) is 13.7 Å². The number of para-hydroxylation sites is 1. The van der Waals surface area contributed by atoms with E-state index in [-0.39, 0.29) is 28.3 Å². The third-order valence-corrected chi connectivity index (χ3v) is 8.22. The molecule has 0 aliphatic heterocycles. The lowest BCUT2D eigenvalue weighted by atomic mass is 10.2. The summed E-state index contributed by atoms with van der Waals surface area (Å²) in [5.41, 5.74) is 1.41. The molecule has 0 fully saturated rings. The van der Waals surface area contributed by atoms with Crippen LogP contribution in [-0.2, 0) is 30.9 Å². The van der Waals surface area contributed by atoms with E-state index < -0.39 is 25.7 Å². The highest BCUT2D eigenvalue weighted by Gasteiger charge is 2.26. The summed E-state index contributed by atoms with van der Waals surface area (Å²) in [6.07, 6.45) is 0. The Labute approximate surface area is 191 Å². The van der Waals surface area contributed by atoms with Crippen LogP contribution < -0.4 is 5.56 Å². The fraction of sp³-hybridized carbons (Fsp3) is 0.174. The molecule has 10 heteroatoms. The summed E-state index contributed by atoms with van der Waals surface area (Å²) in [6, 6.07) is 18.8. The first-order valence-corrected chi connectivity index (χ1v) is 12.9. The molecule has 0 N–H and O–H groups in total. The maximum atomic E-state index is 13.4. The number of hydrogen-bond acceptors (Lipinski definition) is 6. The Hall–Kier alpha value is -3.21. The Balaban J connectivity index is 1.72. The fourth-order valence-electron chi connectivity index (χ4n) is 3.46. The van der Waals surface area contributed by atoms with Crippen LogP contribution in [0.25, 0.3) is 10.9 Å². The van der Waals surface area contributed by atoms with E-state index in [4.69, 9.17) is 4.18 Å². The van der Waals surface area contributed by atoms with Gasteiger partial charge in [0, 0.05) is 0 Å². The molecule has 33 heavy (non-hydrogen) atoms. The molecule has 0 radical (unpaired) electrons. The van der Waals surface area contributed by atoms with Crippen LogP contribution in [0.4, 0.5) is 0 Å². The molecule has 172 valence electrons. The topological polar surface area (TPSA) is 104 Å². The summed E-state index contributed by atoms with van der Waals surface area (Å²) in [5.74, 6) is 0. The van der Waals surface area contributed by atoms with Gasteiger partial charge >= 0.3 is 0 Å². The Morgan fingerprint density at radius 1 is 0.758 bits per heavy atom. The SMILES string of the molecule is Cc1ccc(S(=O)(=O)OCCn2c3ccccc3c(=O)n2S(=O)(=O)c2ccc(C)cc2)cc1. The molecule has 3 aromatic carbocycles. The number of aryl methyl sites for hydroxylation is 2. The van der Waals surface area contributed by atoms with Crippen molar-refractivity contribution in [3.8, 4) is 0 Å². The molecule has 0 saturated carbocycles. The van der Waals surface area contributed by atoms with E-state index in [1.165, 1.54) is 35.0 Å². The molecule has 4 aromatic rings. The molecule has 4 rings (SSSR count). The smallest absolute Gasteiger partial charge is 0.266 e. The van der Waals surface area contributed by atoms with E-state index in [2.05, 4.69) is 0 Å². The number of rotatable bonds is 7. The highest BCUT2D eigenvalue weighted by molar-refractivity contribution is 7.89. The lowest BCUT2D eigenvalue weighted by Crippen LogP contribution is -2.31. The van der Waals surface area contributed by atoms with Gasteiger partial charge in [-0.1, -0.05) is 47.5 Å². The average Bonchev–Trinajstić information content (AvgIpc) is 3.07. The fourth-order valence-corrected chi connectivity index (χ4v) is 5.78. The largest absolute Gasteiger partial charge is 0.297 e. The second-order valence-electron chi connectivity index (χ2n) is 7.60. The van der Waals surface area contributed by atoms with E-state index in [0.29, 0.717) is 9.60 Å². The lowest BCUT2D eigenvalue weighted by Gasteiger charge is -2.14. The van der Waals surface area contributed by atoms with Crippen LogP contribution in [0.2, 0.25) is 0 Å². The average molecular weight is 487 g/mol. The first-order chi connectivity index (χ1) is 15.6. The Morgan fingerprint density at radius 2 is 1.30 bits per heavy atom. The van der Waals surface area contributed by atoms with Crippen molar-refractivity contribution >= 4 is 31.0 Å². The standard InChI is InChI=1S/C23H22N2O6S2/c1-17-7-11-19(12-8-17)32(27,28)25-23(26)21-5-3-4-6-22(21)24(25)15-16-31-33(29,30)20-13-9-18(2)10-14-20/h3-14H,15-16H2,1-2H3. The minimum atomic E-state index is -4.24. The maximum absolute atomic E-state index is 13.4. The minimum absolute atomic E-state index is 0.00451. The molecule has 1 aromatic heterocycles. The molecule has 0 aliphatic rings. The van der Waals surface area contributed by atoms with Gasteiger partial charge in [0.2, 0.25) is 0 Å². The number of fused-ring (bicyclic) bond motifs is 1. The van der Waals surface area contributed by atoms with Crippen LogP contribution in [-0.4, -0.2) is 32.2 Å². The van der Waals surface area contributed by atoms with Crippen molar-refractivity contribution in [1.29, 1.82) is 0 Å². The van der Waals surface area contributed by atoms with Crippen molar-refractivity contribution in [1.82, 2.24) is 8.77 Å². The van der Waals surface area contributed by atoms with Crippen molar-refractivity contribution in [2.45, 2.75) is 30.2 Å². The minimum Gasteiger partial charge on any atom is -0.266 e. The second-order valence-corrected chi connectivity index (χ2v) is 11.0.